The molecule has 1 aliphatic heterocycles. The van der Waals surface area contributed by atoms with Gasteiger partial charge >= 0.3 is 5.76 Å². The summed E-state index contributed by atoms with van der Waals surface area (Å²) >= 11 is 0. The molecule has 0 bridgehead atoms. The number of aromatic nitrogens is 1. The Morgan fingerprint density at radius 3 is 3.11 bits per heavy atom. The zero-order chi connectivity index (χ0) is 12.5. The fourth-order valence-electron chi connectivity index (χ4n) is 2.16. The van der Waals surface area contributed by atoms with Gasteiger partial charge < -0.3 is 15.1 Å². The molecule has 0 saturated carbocycles. The van der Waals surface area contributed by atoms with E-state index in [0.717, 1.165) is 19.4 Å². The molecule has 6 heteroatoms. The number of benzene rings is 1. The van der Waals surface area contributed by atoms with Crippen LogP contribution in [0.3, 0.4) is 0 Å². The molecule has 1 aromatic carbocycles. The fraction of sp³-hybridized carbons (Fsp3) is 0.333. The van der Waals surface area contributed by atoms with Gasteiger partial charge in [0.05, 0.1) is 11.6 Å². The van der Waals surface area contributed by atoms with Crippen LogP contribution in [0, 0.1) is 0 Å². The lowest BCUT2D eigenvalue weighted by atomic mass is 10.2. The molecular formula is C12H13N3O3. The van der Waals surface area contributed by atoms with Crippen molar-refractivity contribution in [1.82, 2.24) is 10.3 Å². The maximum atomic E-state index is 11.9. The molecular weight excluding hydrogens is 234 g/mol. The molecule has 2 aromatic rings. The Hall–Kier alpha value is -2.08. The van der Waals surface area contributed by atoms with Crippen molar-refractivity contribution in [3.8, 4) is 0 Å². The highest BCUT2D eigenvalue weighted by Gasteiger charge is 2.21. The highest BCUT2D eigenvalue weighted by Crippen LogP contribution is 2.17. The van der Waals surface area contributed by atoms with Gasteiger partial charge in [0.15, 0.2) is 5.58 Å². The van der Waals surface area contributed by atoms with Crippen LogP contribution in [0.25, 0.3) is 11.1 Å². The van der Waals surface area contributed by atoms with Crippen molar-refractivity contribution in [2.24, 2.45) is 0 Å². The summed E-state index contributed by atoms with van der Waals surface area (Å²) in [5.41, 5.74) is 1.69. The molecule has 3 rings (SSSR count). The van der Waals surface area contributed by atoms with E-state index in [0.29, 0.717) is 16.8 Å². The summed E-state index contributed by atoms with van der Waals surface area (Å²) in [6.45, 7) is 0.879. The molecule has 18 heavy (non-hydrogen) atoms. The van der Waals surface area contributed by atoms with Crippen molar-refractivity contribution in [1.29, 1.82) is 0 Å². The number of rotatable bonds is 2. The lowest BCUT2D eigenvalue weighted by Gasteiger charge is -2.10. The number of oxazole rings is 1. The SMILES string of the molecule is O=C(Nc1ccc2[nH]c(=O)oc2c1)[C@@H]1CCCN1. The Morgan fingerprint density at radius 2 is 2.33 bits per heavy atom. The van der Waals surface area contributed by atoms with Gasteiger partial charge in [0.25, 0.3) is 0 Å². The van der Waals surface area contributed by atoms with Crippen LogP contribution in [0.15, 0.2) is 27.4 Å². The quantitative estimate of drug-likeness (QED) is 0.733. The smallest absolute Gasteiger partial charge is 0.408 e. The van der Waals surface area contributed by atoms with Crippen LogP contribution in [0.1, 0.15) is 12.8 Å². The van der Waals surface area contributed by atoms with Crippen LogP contribution in [0.4, 0.5) is 5.69 Å². The van der Waals surface area contributed by atoms with E-state index < -0.39 is 5.76 Å². The van der Waals surface area contributed by atoms with E-state index in [1.807, 2.05) is 0 Å². The lowest BCUT2D eigenvalue weighted by molar-refractivity contribution is -0.117. The van der Waals surface area contributed by atoms with Crippen molar-refractivity contribution in [2.45, 2.75) is 18.9 Å². The number of H-pyrrole nitrogens is 1. The van der Waals surface area contributed by atoms with E-state index in [4.69, 9.17) is 4.42 Å². The lowest BCUT2D eigenvalue weighted by Crippen LogP contribution is -2.35. The first-order valence-corrected chi connectivity index (χ1v) is 5.89. The minimum Gasteiger partial charge on any atom is -0.408 e. The van der Waals surface area contributed by atoms with Crippen LogP contribution >= 0.6 is 0 Å². The van der Waals surface area contributed by atoms with Gasteiger partial charge in [0.1, 0.15) is 0 Å². The number of anilines is 1. The average Bonchev–Trinajstić information content (AvgIpc) is 2.95. The Kier molecular flexibility index (Phi) is 2.64. The van der Waals surface area contributed by atoms with Gasteiger partial charge in [0.2, 0.25) is 5.91 Å². The molecule has 1 amide bonds. The van der Waals surface area contributed by atoms with Crippen LogP contribution in [0.5, 0.6) is 0 Å². The molecule has 1 aliphatic rings. The standard InChI is InChI=1S/C12H13N3O3/c16-11(9-2-1-5-13-9)14-7-3-4-8-10(6-7)18-12(17)15-8/h3-4,6,9,13H,1-2,5H2,(H,14,16)(H,15,17)/t9-/m0/s1. The predicted octanol–water partition coefficient (Wildman–Crippen LogP) is 0.812. The summed E-state index contributed by atoms with van der Waals surface area (Å²) in [5.74, 6) is -0.546. The first kappa shape index (κ1) is 11.0. The second-order valence-corrected chi connectivity index (χ2v) is 4.36. The Morgan fingerprint density at radius 1 is 1.44 bits per heavy atom. The summed E-state index contributed by atoms with van der Waals surface area (Å²) in [6, 6.07) is 4.96. The van der Waals surface area contributed by atoms with Crippen molar-refractivity contribution >= 4 is 22.7 Å². The molecule has 1 fully saturated rings. The van der Waals surface area contributed by atoms with E-state index >= 15 is 0 Å². The summed E-state index contributed by atoms with van der Waals surface area (Å²) in [7, 11) is 0. The third-order valence-electron chi connectivity index (χ3n) is 3.07. The van der Waals surface area contributed by atoms with Crippen molar-refractivity contribution < 1.29 is 9.21 Å². The van der Waals surface area contributed by atoms with E-state index in [1.54, 1.807) is 18.2 Å². The van der Waals surface area contributed by atoms with Gasteiger partial charge in [-0.05, 0) is 31.5 Å². The maximum absolute atomic E-state index is 11.9. The average molecular weight is 247 g/mol. The molecule has 3 N–H and O–H groups in total. The zero-order valence-corrected chi connectivity index (χ0v) is 9.66. The molecule has 1 atom stereocenters. The van der Waals surface area contributed by atoms with Gasteiger partial charge in [0, 0.05) is 11.8 Å². The Balaban J connectivity index is 1.81. The zero-order valence-electron chi connectivity index (χ0n) is 9.66. The van der Waals surface area contributed by atoms with Gasteiger partial charge in [-0.2, -0.15) is 0 Å². The Bertz CT molecular complexity index is 637. The Labute approximate surface area is 102 Å². The van der Waals surface area contributed by atoms with Crippen molar-refractivity contribution in [3.05, 3.63) is 28.7 Å². The van der Waals surface area contributed by atoms with Crippen molar-refractivity contribution in [3.63, 3.8) is 0 Å². The summed E-state index contributed by atoms with van der Waals surface area (Å²) in [5, 5.41) is 5.93. The van der Waals surface area contributed by atoms with Gasteiger partial charge in [-0.1, -0.05) is 0 Å². The van der Waals surface area contributed by atoms with Gasteiger partial charge in [-0.3, -0.25) is 9.78 Å². The van der Waals surface area contributed by atoms with Crippen LogP contribution in [-0.4, -0.2) is 23.5 Å². The van der Waals surface area contributed by atoms with Crippen LogP contribution in [0.2, 0.25) is 0 Å². The van der Waals surface area contributed by atoms with E-state index in [1.165, 1.54) is 0 Å². The molecule has 6 nitrogen and oxygen atoms in total. The van der Waals surface area contributed by atoms with Gasteiger partial charge in [-0.25, -0.2) is 4.79 Å². The minimum atomic E-state index is -0.495. The monoisotopic (exact) mass is 247 g/mol. The number of nitrogens with one attached hydrogen (secondary N) is 3. The van der Waals surface area contributed by atoms with Crippen molar-refractivity contribution in [2.75, 3.05) is 11.9 Å². The molecule has 94 valence electrons. The third kappa shape index (κ3) is 2.02. The number of hydrogen-bond donors (Lipinski definition) is 3. The van der Waals surface area contributed by atoms with E-state index in [2.05, 4.69) is 15.6 Å². The first-order chi connectivity index (χ1) is 8.72. The normalized spacial score (nSPS) is 19.2. The molecule has 0 aliphatic carbocycles. The van der Waals surface area contributed by atoms with Crippen LogP contribution < -0.4 is 16.4 Å². The summed E-state index contributed by atoms with van der Waals surface area (Å²) < 4.78 is 4.94. The fourth-order valence-corrected chi connectivity index (χ4v) is 2.16. The molecule has 1 saturated heterocycles. The number of carbonyl (C=O) groups excluding carboxylic acids is 1. The number of carbonyl (C=O) groups is 1. The maximum Gasteiger partial charge on any atom is 0.417 e. The molecule has 1 aromatic heterocycles. The summed E-state index contributed by atoms with van der Waals surface area (Å²) in [4.78, 5) is 25.4. The van der Waals surface area contributed by atoms with E-state index in [-0.39, 0.29) is 11.9 Å². The van der Waals surface area contributed by atoms with E-state index in [9.17, 15) is 9.59 Å². The largest absolute Gasteiger partial charge is 0.417 e. The number of amides is 1. The van der Waals surface area contributed by atoms with Gasteiger partial charge in [-0.15, -0.1) is 0 Å². The highest BCUT2D eigenvalue weighted by molar-refractivity contribution is 5.96. The molecule has 0 unspecified atom stereocenters. The minimum absolute atomic E-state index is 0.0512. The number of aromatic amines is 1. The third-order valence-corrected chi connectivity index (χ3v) is 3.07. The molecule has 0 radical (unpaired) electrons. The molecule has 0 spiro atoms. The highest BCUT2D eigenvalue weighted by atomic mass is 16.4. The number of fused-ring (bicyclic) bond motifs is 1. The summed E-state index contributed by atoms with van der Waals surface area (Å²) in [6.07, 6.45) is 1.87. The topological polar surface area (TPSA) is 87.1 Å². The number of hydrogen-bond acceptors (Lipinski definition) is 4. The first-order valence-electron chi connectivity index (χ1n) is 5.89. The van der Waals surface area contributed by atoms with Crippen LogP contribution in [-0.2, 0) is 4.79 Å². The molecule has 2 heterocycles. The predicted molar refractivity (Wildman–Crippen MR) is 66.5 cm³/mol. The second-order valence-electron chi connectivity index (χ2n) is 4.36. The second kappa shape index (κ2) is 4.30.